The average Bonchev–Trinajstić information content (AvgIpc) is 3.16. The first kappa shape index (κ1) is 20.4. The lowest BCUT2D eigenvalue weighted by Crippen LogP contribution is -2.34. The van der Waals surface area contributed by atoms with Crippen LogP contribution in [-0.4, -0.2) is 47.6 Å². The first-order valence-corrected chi connectivity index (χ1v) is 11.6. The quantitative estimate of drug-likeness (QED) is 0.760. The molecule has 2 amide bonds. The Labute approximate surface area is 174 Å². The molecule has 1 aromatic carbocycles. The lowest BCUT2D eigenvalue weighted by Gasteiger charge is -2.23. The molecule has 2 atom stereocenters. The molecule has 1 fully saturated rings. The number of benzene rings is 1. The van der Waals surface area contributed by atoms with Gasteiger partial charge in [-0.3, -0.25) is 14.3 Å². The molecule has 2 N–H and O–H groups in total. The Bertz CT molecular complexity index is 1140. The van der Waals surface area contributed by atoms with E-state index < -0.39 is 15.9 Å². The molecule has 2 aliphatic rings. The number of nitrogens with one attached hydrogen (secondary N) is 2. The number of anilines is 2. The van der Waals surface area contributed by atoms with E-state index in [1.54, 1.807) is 29.8 Å². The van der Waals surface area contributed by atoms with E-state index in [2.05, 4.69) is 15.7 Å². The molecule has 0 radical (unpaired) electrons. The molecule has 0 bridgehead atoms. The highest BCUT2D eigenvalue weighted by Gasteiger charge is 2.31. The fourth-order valence-electron chi connectivity index (χ4n) is 3.93. The highest BCUT2D eigenvalue weighted by molar-refractivity contribution is 7.91. The Morgan fingerprint density at radius 1 is 1.37 bits per heavy atom. The maximum Gasteiger partial charge on any atom is 0.265 e. The molecule has 1 aromatic heterocycles. The van der Waals surface area contributed by atoms with Crippen molar-refractivity contribution in [2.24, 2.45) is 0 Å². The summed E-state index contributed by atoms with van der Waals surface area (Å²) in [4.78, 5) is 24.4. The lowest BCUT2D eigenvalue weighted by molar-refractivity contribution is -0.122. The summed E-state index contributed by atoms with van der Waals surface area (Å²) in [5, 5.41) is 10.1. The van der Waals surface area contributed by atoms with Crippen molar-refractivity contribution in [1.82, 2.24) is 9.78 Å². The van der Waals surface area contributed by atoms with Crippen molar-refractivity contribution in [1.29, 1.82) is 0 Å². The number of sulfone groups is 1. The molecule has 2 aliphatic heterocycles. The van der Waals surface area contributed by atoms with Crippen LogP contribution < -0.4 is 15.4 Å². The molecule has 2 unspecified atom stereocenters. The molecule has 9 nitrogen and oxygen atoms in total. The summed E-state index contributed by atoms with van der Waals surface area (Å²) >= 11 is 0. The van der Waals surface area contributed by atoms with Crippen LogP contribution in [0.1, 0.15) is 36.3 Å². The average molecular weight is 433 g/mol. The number of amides is 2. The monoisotopic (exact) mass is 432 g/mol. The molecule has 3 heterocycles. The lowest BCUT2D eigenvalue weighted by atomic mass is 10.1. The van der Waals surface area contributed by atoms with E-state index in [4.69, 9.17) is 4.74 Å². The summed E-state index contributed by atoms with van der Waals surface area (Å²) in [6, 6.07) is 4.89. The molecular formula is C20H24N4O5S. The van der Waals surface area contributed by atoms with E-state index in [9.17, 15) is 18.0 Å². The second-order valence-corrected chi connectivity index (χ2v) is 10.1. The molecular weight excluding hydrogens is 408 g/mol. The van der Waals surface area contributed by atoms with E-state index >= 15 is 0 Å². The largest absolute Gasteiger partial charge is 0.479 e. The van der Waals surface area contributed by atoms with Gasteiger partial charge in [0.2, 0.25) is 5.91 Å². The van der Waals surface area contributed by atoms with E-state index in [0.717, 1.165) is 11.3 Å². The number of aryl methyl sites for hydroxylation is 1. The van der Waals surface area contributed by atoms with Crippen molar-refractivity contribution < 1.29 is 22.7 Å². The molecule has 0 spiro atoms. The first-order valence-electron chi connectivity index (χ1n) is 9.79. The molecule has 4 rings (SSSR count). The number of fused-ring (bicyclic) bond motifs is 1. The minimum atomic E-state index is -3.02. The highest BCUT2D eigenvalue weighted by atomic mass is 32.2. The zero-order valence-corrected chi connectivity index (χ0v) is 17.9. The molecule has 30 heavy (non-hydrogen) atoms. The van der Waals surface area contributed by atoms with Gasteiger partial charge in [0.15, 0.2) is 15.9 Å². The molecule has 160 valence electrons. The van der Waals surface area contributed by atoms with Crippen LogP contribution in [0, 0.1) is 13.8 Å². The SMILES string of the molecule is Cc1nn(C2CCS(=O)(=O)C2)c(C)c1CC(=O)Nc1ccc2c(c1)NC(=O)C(C)O2. The fraction of sp³-hybridized carbons (Fsp3) is 0.450. The van der Waals surface area contributed by atoms with Gasteiger partial charge < -0.3 is 15.4 Å². The summed E-state index contributed by atoms with van der Waals surface area (Å²) in [5.74, 6) is 0.347. The van der Waals surface area contributed by atoms with Gasteiger partial charge in [-0.2, -0.15) is 5.10 Å². The minimum absolute atomic E-state index is 0.0854. The van der Waals surface area contributed by atoms with Crippen LogP contribution in [0.5, 0.6) is 5.75 Å². The fourth-order valence-corrected chi connectivity index (χ4v) is 5.62. The number of aromatic nitrogens is 2. The number of ether oxygens (including phenoxy) is 1. The zero-order valence-electron chi connectivity index (χ0n) is 17.1. The third-order valence-electron chi connectivity index (χ3n) is 5.56. The Kier molecular flexibility index (Phi) is 5.05. The van der Waals surface area contributed by atoms with Crippen LogP contribution in [0.25, 0.3) is 0 Å². The van der Waals surface area contributed by atoms with Gasteiger partial charge in [0.25, 0.3) is 5.91 Å². The van der Waals surface area contributed by atoms with Crippen molar-refractivity contribution in [2.75, 3.05) is 22.1 Å². The third-order valence-corrected chi connectivity index (χ3v) is 7.31. The standard InChI is InChI=1S/C20H24N4O5S/c1-11-16(12(2)24(23-11)15-6-7-30(27,28)10-15)9-19(25)21-14-4-5-18-17(8-14)22-20(26)13(3)29-18/h4-5,8,13,15H,6-7,9-10H2,1-3H3,(H,21,25)(H,22,26). The van der Waals surface area contributed by atoms with Crippen LogP contribution in [0.2, 0.25) is 0 Å². The highest BCUT2D eigenvalue weighted by Crippen LogP contribution is 2.32. The van der Waals surface area contributed by atoms with E-state index in [0.29, 0.717) is 29.2 Å². The molecule has 0 aliphatic carbocycles. The van der Waals surface area contributed by atoms with Crippen molar-refractivity contribution in [3.05, 3.63) is 35.2 Å². The minimum Gasteiger partial charge on any atom is -0.479 e. The Morgan fingerprint density at radius 3 is 2.83 bits per heavy atom. The predicted octanol–water partition coefficient (Wildman–Crippen LogP) is 1.76. The predicted molar refractivity (Wildman–Crippen MR) is 112 cm³/mol. The van der Waals surface area contributed by atoms with Crippen LogP contribution in [-0.2, 0) is 25.8 Å². The molecule has 0 saturated carbocycles. The van der Waals surface area contributed by atoms with E-state index in [1.165, 1.54) is 0 Å². The van der Waals surface area contributed by atoms with Gasteiger partial charge in [-0.05, 0) is 45.4 Å². The number of hydrogen-bond donors (Lipinski definition) is 2. The maximum atomic E-state index is 12.6. The van der Waals surface area contributed by atoms with Crippen LogP contribution in [0.15, 0.2) is 18.2 Å². The second kappa shape index (κ2) is 7.42. The number of rotatable bonds is 4. The van der Waals surface area contributed by atoms with Gasteiger partial charge in [-0.15, -0.1) is 0 Å². The summed E-state index contributed by atoms with van der Waals surface area (Å²) in [6.07, 6.45) is 0.0984. The normalized spacial score (nSPS) is 22.2. The Balaban J connectivity index is 1.47. The third kappa shape index (κ3) is 3.91. The summed E-state index contributed by atoms with van der Waals surface area (Å²) < 4.78 is 30.9. The Morgan fingerprint density at radius 2 is 2.13 bits per heavy atom. The number of carbonyl (C=O) groups is 2. The first-order chi connectivity index (χ1) is 14.1. The summed E-state index contributed by atoms with van der Waals surface area (Å²) in [7, 11) is -3.02. The van der Waals surface area contributed by atoms with Crippen molar-refractivity contribution in [2.45, 2.75) is 45.8 Å². The smallest absolute Gasteiger partial charge is 0.265 e. The van der Waals surface area contributed by atoms with Gasteiger partial charge >= 0.3 is 0 Å². The van der Waals surface area contributed by atoms with Gasteiger partial charge in [0.1, 0.15) is 5.75 Å². The number of nitrogens with zero attached hydrogens (tertiary/aromatic N) is 2. The van der Waals surface area contributed by atoms with Crippen molar-refractivity contribution in [3.8, 4) is 5.75 Å². The summed E-state index contributed by atoms with van der Waals surface area (Å²) in [6.45, 7) is 5.35. The Hall–Kier alpha value is -2.88. The molecule has 2 aromatic rings. The zero-order chi connectivity index (χ0) is 21.6. The van der Waals surface area contributed by atoms with Gasteiger partial charge in [-0.25, -0.2) is 8.42 Å². The van der Waals surface area contributed by atoms with E-state index in [-0.39, 0.29) is 35.8 Å². The molecule has 1 saturated heterocycles. The van der Waals surface area contributed by atoms with Crippen molar-refractivity contribution >= 4 is 33.0 Å². The van der Waals surface area contributed by atoms with E-state index in [1.807, 2.05) is 13.8 Å². The van der Waals surface area contributed by atoms with Crippen LogP contribution >= 0.6 is 0 Å². The second-order valence-electron chi connectivity index (χ2n) is 7.84. The maximum absolute atomic E-state index is 12.6. The number of carbonyl (C=O) groups excluding carboxylic acids is 2. The molecule has 10 heteroatoms. The summed E-state index contributed by atoms with van der Waals surface area (Å²) in [5.41, 5.74) is 3.37. The van der Waals surface area contributed by atoms with Crippen LogP contribution in [0.3, 0.4) is 0 Å². The van der Waals surface area contributed by atoms with Gasteiger partial charge in [0.05, 0.1) is 35.3 Å². The van der Waals surface area contributed by atoms with Crippen molar-refractivity contribution in [3.63, 3.8) is 0 Å². The topological polar surface area (TPSA) is 119 Å². The van der Waals surface area contributed by atoms with Gasteiger partial charge in [-0.1, -0.05) is 0 Å². The number of hydrogen-bond acceptors (Lipinski definition) is 6. The van der Waals surface area contributed by atoms with Gasteiger partial charge in [0, 0.05) is 16.9 Å². The van der Waals surface area contributed by atoms with Crippen LogP contribution in [0.4, 0.5) is 11.4 Å².